The lowest BCUT2D eigenvalue weighted by Crippen LogP contribution is -2.58. The van der Waals surface area contributed by atoms with Crippen molar-refractivity contribution in [3.63, 3.8) is 0 Å². The molecule has 3 aliphatic rings. The molecule has 0 aromatic heterocycles. The molecule has 0 radical (unpaired) electrons. The Morgan fingerprint density at radius 1 is 1.06 bits per heavy atom. The van der Waals surface area contributed by atoms with Crippen LogP contribution in [0.1, 0.15) is 98.3 Å². The number of amides is 2. The molecule has 3 fully saturated rings. The molecular formula is C27H52N6O3. The number of rotatable bonds is 9. The number of carbonyl (C=O) groups excluding carboxylic acids is 3. The second-order valence-electron chi connectivity index (χ2n) is 9.85. The maximum Gasteiger partial charge on any atom is 0.243 e. The van der Waals surface area contributed by atoms with E-state index in [1.807, 2.05) is 25.7 Å². The average Bonchev–Trinajstić information content (AvgIpc) is 3.34. The van der Waals surface area contributed by atoms with Crippen molar-refractivity contribution in [1.29, 1.82) is 0 Å². The highest BCUT2D eigenvalue weighted by molar-refractivity contribution is 5.91. The fraction of sp³-hybridized carbons (Fsp3) is 0.852. The Labute approximate surface area is 218 Å². The summed E-state index contributed by atoms with van der Waals surface area (Å²) in [6, 6.07) is -0.437. The Balaban J connectivity index is 0.000000623. The summed E-state index contributed by atoms with van der Waals surface area (Å²) in [5, 5.41) is 6.16. The fourth-order valence-corrected chi connectivity index (χ4v) is 5.61. The highest BCUT2D eigenvalue weighted by Crippen LogP contribution is 2.37. The molecule has 0 bridgehead atoms. The zero-order valence-electron chi connectivity index (χ0n) is 23.1. The quantitative estimate of drug-likeness (QED) is 0.214. The molecule has 5 atom stereocenters. The third-order valence-corrected chi connectivity index (χ3v) is 7.36. The number of piperidine rings is 1. The van der Waals surface area contributed by atoms with Crippen LogP contribution in [-0.2, 0) is 14.4 Å². The zero-order valence-corrected chi connectivity index (χ0v) is 23.1. The molecule has 9 nitrogen and oxygen atoms in total. The van der Waals surface area contributed by atoms with E-state index in [9.17, 15) is 14.4 Å². The summed E-state index contributed by atoms with van der Waals surface area (Å²) < 4.78 is 0. The summed E-state index contributed by atoms with van der Waals surface area (Å²) in [5.41, 5.74) is 10.0. The highest BCUT2D eigenvalue weighted by atomic mass is 16.2. The van der Waals surface area contributed by atoms with Gasteiger partial charge in [0, 0.05) is 12.6 Å². The maximum atomic E-state index is 13.5. The molecule has 2 amide bonds. The number of aliphatic imine (C=N–C) groups is 1. The SMILES string of the molecule is CC.CCCC[C@H]1CC[C@@H](C(=O)NCC=O)N1C(=O)C1C[C@H]2CCCCC2CN1.CCCN=C(N)N. The first kappa shape index (κ1) is 31.9. The first-order chi connectivity index (χ1) is 17.4. The molecule has 0 aromatic rings. The fourth-order valence-electron chi connectivity index (χ4n) is 5.61. The number of hydrogen-bond acceptors (Lipinski definition) is 5. The molecule has 9 heteroatoms. The highest BCUT2D eigenvalue weighted by Gasteiger charge is 2.44. The van der Waals surface area contributed by atoms with Crippen LogP contribution >= 0.6 is 0 Å². The molecule has 36 heavy (non-hydrogen) atoms. The van der Waals surface area contributed by atoms with Crippen molar-refractivity contribution in [3.8, 4) is 0 Å². The molecule has 0 aromatic carbocycles. The van der Waals surface area contributed by atoms with E-state index < -0.39 is 6.04 Å². The lowest BCUT2D eigenvalue weighted by Gasteiger charge is -2.42. The van der Waals surface area contributed by atoms with Crippen molar-refractivity contribution in [1.82, 2.24) is 15.5 Å². The van der Waals surface area contributed by atoms with Gasteiger partial charge in [0.25, 0.3) is 0 Å². The maximum absolute atomic E-state index is 13.5. The third kappa shape index (κ3) is 10.1. The van der Waals surface area contributed by atoms with Crippen molar-refractivity contribution in [3.05, 3.63) is 0 Å². The van der Waals surface area contributed by atoms with E-state index in [0.717, 1.165) is 51.6 Å². The predicted molar refractivity (Wildman–Crippen MR) is 146 cm³/mol. The number of carbonyl (C=O) groups is 3. The first-order valence-corrected chi connectivity index (χ1v) is 14.2. The van der Waals surface area contributed by atoms with Crippen LogP contribution in [0, 0.1) is 11.8 Å². The van der Waals surface area contributed by atoms with Gasteiger partial charge in [-0.3, -0.25) is 14.6 Å². The van der Waals surface area contributed by atoms with Crippen LogP contribution in [0.25, 0.3) is 0 Å². The number of hydrogen-bond donors (Lipinski definition) is 4. The number of fused-ring (bicyclic) bond motifs is 1. The van der Waals surface area contributed by atoms with Gasteiger partial charge in [-0.1, -0.05) is 59.8 Å². The van der Waals surface area contributed by atoms with Crippen LogP contribution < -0.4 is 22.1 Å². The third-order valence-electron chi connectivity index (χ3n) is 7.36. The number of likely N-dealkylation sites (tertiary alicyclic amines) is 1. The lowest BCUT2D eigenvalue weighted by atomic mass is 9.73. The van der Waals surface area contributed by atoms with Crippen LogP contribution in [0.2, 0.25) is 0 Å². The van der Waals surface area contributed by atoms with Crippen molar-refractivity contribution < 1.29 is 14.4 Å². The second-order valence-corrected chi connectivity index (χ2v) is 9.85. The molecule has 208 valence electrons. The van der Waals surface area contributed by atoms with E-state index in [0.29, 0.717) is 24.5 Å². The van der Waals surface area contributed by atoms with Gasteiger partial charge in [0.15, 0.2) is 5.96 Å². The normalized spacial score (nSPS) is 26.8. The van der Waals surface area contributed by atoms with E-state index in [1.165, 1.54) is 25.7 Å². The Bertz CT molecular complexity index is 682. The van der Waals surface area contributed by atoms with Crippen LogP contribution in [0.4, 0.5) is 0 Å². The van der Waals surface area contributed by atoms with Crippen molar-refractivity contribution in [2.24, 2.45) is 28.3 Å². The topological polar surface area (TPSA) is 143 Å². The molecule has 2 unspecified atom stereocenters. The minimum atomic E-state index is -0.426. The molecule has 6 N–H and O–H groups in total. The zero-order chi connectivity index (χ0) is 26.9. The van der Waals surface area contributed by atoms with Gasteiger partial charge < -0.3 is 31.8 Å². The standard InChI is InChI=1S/C21H35N3O3.C4H11N3.C2H6/c1-2-3-8-17-9-10-19(20(26)22-11-12-25)24(17)21(27)18-13-15-6-4-5-7-16(15)14-23-18;1-2-3-7-4(5)6;1-2/h12,15-19,23H,2-11,13-14H2,1H3,(H,22,26);2-3H2,1H3,(H4,5,6,7);1-2H3/t15-,16?,17+,18?,19+;;/m1../s1. The van der Waals surface area contributed by atoms with Gasteiger partial charge in [0.1, 0.15) is 12.3 Å². The minimum Gasteiger partial charge on any atom is -0.370 e. The summed E-state index contributed by atoms with van der Waals surface area (Å²) in [6.07, 6.45) is 12.4. The van der Waals surface area contributed by atoms with Gasteiger partial charge in [-0.05, 0) is 56.9 Å². The molecule has 1 saturated carbocycles. The number of nitrogens with zero attached hydrogens (tertiary/aromatic N) is 2. The molecular weight excluding hydrogens is 456 g/mol. The monoisotopic (exact) mass is 508 g/mol. The van der Waals surface area contributed by atoms with Gasteiger partial charge >= 0.3 is 0 Å². The Kier molecular flexibility index (Phi) is 16.1. The van der Waals surface area contributed by atoms with E-state index in [-0.39, 0.29) is 36.4 Å². The Morgan fingerprint density at radius 2 is 1.75 bits per heavy atom. The summed E-state index contributed by atoms with van der Waals surface area (Å²) in [4.78, 5) is 42.2. The van der Waals surface area contributed by atoms with Gasteiger partial charge in [0.05, 0.1) is 12.6 Å². The summed E-state index contributed by atoms with van der Waals surface area (Å²) >= 11 is 0. The van der Waals surface area contributed by atoms with Gasteiger partial charge in [-0.15, -0.1) is 0 Å². The second kappa shape index (κ2) is 18.1. The van der Waals surface area contributed by atoms with Crippen LogP contribution in [-0.4, -0.2) is 66.7 Å². The Morgan fingerprint density at radius 3 is 2.33 bits per heavy atom. The van der Waals surface area contributed by atoms with Crippen molar-refractivity contribution >= 4 is 24.1 Å². The summed E-state index contributed by atoms with van der Waals surface area (Å²) in [6.45, 7) is 9.86. The summed E-state index contributed by atoms with van der Waals surface area (Å²) in [7, 11) is 0. The van der Waals surface area contributed by atoms with E-state index in [4.69, 9.17) is 11.5 Å². The Hall–Kier alpha value is -2.16. The predicted octanol–water partition coefficient (Wildman–Crippen LogP) is 2.72. The molecule has 2 heterocycles. The van der Waals surface area contributed by atoms with E-state index >= 15 is 0 Å². The largest absolute Gasteiger partial charge is 0.370 e. The van der Waals surface area contributed by atoms with Crippen LogP contribution in [0.15, 0.2) is 4.99 Å². The van der Waals surface area contributed by atoms with Gasteiger partial charge in [0.2, 0.25) is 11.8 Å². The lowest BCUT2D eigenvalue weighted by molar-refractivity contribution is -0.143. The summed E-state index contributed by atoms with van der Waals surface area (Å²) in [5.74, 6) is 1.46. The number of unbranched alkanes of at least 4 members (excludes halogenated alkanes) is 1. The van der Waals surface area contributed by atoms with Crippen LogP contribution in [0.5, 0.6) is 0 Å². The van der Waals surface area contributed by atoms with Gasteiger partial charge in [-0.2, -0.15) is 0 Å². The van der Waals surface area contributed by atoms with Gasteiger partial charge in [-0.25, -0.2) is 0 Å². The number of guanidine groups is 1. The molecule has 1 aliphatic carbocycles. The molecule has 0 spiro atoms. The number of nitrogens with one attached hydrogen (secondary N) is 2. The molecule has 2 saturated heterocycles. The minimum absolute atomic E-state index is 0.0163. The van der Waals surface area contributed by atoms with Crippen molar-refractivity contribution in [2.75, 3.05) is 19.6 Å². The molecule has 2 aliphatic heterocycles. The average molecular weight is 509 g/mol. The van der Waals surface area contributed by atoms with E-state index in [1.54, 1.807) is 0 Å². The first-order valence-electron chi connectivity index (χ1n) is 14.2. The molecule has 3 rings (SSSR count). The van der Waals surface area contributed by atoms with Crippen LogP contribution in [0.3, 0.4) is 0 Å². The smallest absolute Gasteiger partial charge is 0.243 e. The number of aldehydes is 1. The van der Waals surface area contributed by atoms with Crippen molar-refractivity contribution in [2.45, 2.75) is 116 Å². The number of nitrogens with two attached hydrogens (primary N) is 2. The van der Waals surface area contributed by atoms with E-state index in [2.05, 4.69) is 22.5 Å².